The van der Waals surface area contributed by atoms with E-state index >= 15 is 0 Å². The fourth-order valence-corrected chi connectivity index (χ4v) is 2.27. The van der Waals surface area contributed by atoms with E-state index in [2.05, 4.69) is 18.4 Å². The molecule has 4 nitrogen and oxygen atoms in total. The maximum atomic E-state index is 5.83. The summed E-state index contributed by atoms with van der Waals surface area (Å²) < 4.78 is 11.4. The molecule has 0 saturated carbocycles. The van der Waals surface area contributed by atoms with Gasteiger partial charge in [-0.15, -0.1) is 0 Å². The van der Waals surface area contributed by atoms with Crippen molar-refractivity contribution in [3.8, 4) is 0 Å². The Bertz CT molecular complexity index is 601. The van der Waals surface area contributed by atoms with Gasteiger partial charge in [-0.05, 0) is 31.2 Å². The van der Waals surface area contributed by atoms with Gasteiger partial charge in [-0.1, -0.05) is 11.6 Å². The molecule has 0 spiro atoms. The van der Waals surface area contributed by atoms with Crippen LogP contribution in [0.25, 0.3) is 11.0 Å². The molecule has 1 aromatic heterocycles. The number of hydrazine groups is 1. The Balaban J connectivity index is 2.01. The van der Waals surface area contributed by atoms with Gasteiger partial charge in [-0.25, -0.2) is 5.43 Å². The van der Waals surface area contributed by atoms with Gasteiger partial charge >= 0.3 is 0 Å². The summed E-state index contributed by atoms with van der Waals surface area (Å²) in [6.45, 7) is 2.78. The first-order valence-electron chi connectivity index (χ1n) is 6.07. The minimum absolute atomic E-state index is 0.208. The number of furan rings is 1. The van der Waals surface area contributed by atoms with Crippen LogP contribution in [-0.4, -0.2) is 6.61 Å². The Morgan fingerprint density at radius 1 is 1.33 bits per heavy atom. The smallest absolute Gasteiger partial charge is 0.136 e. The Labute approximate surface area is 105 Å². The normalized spacial score (nSPS) is 16.7. The molecule has 0 fully saturated rings. The van der Waals surface area contributed by atoms with E-state index in [1.165, 1.54) is 5.56 Å². The number of aryl methyl sites for hydroxylation is 1. The molecule has 1 aliphatic heterocycles. The van der Waals surface area contributed by atoms with E-state index in [-0.39, 0.29) is 6.04 Å². The van der Waals surface area contributed by atoms with Crippen LogP contribution < -0.4 is 11.3 Å². The third kappa shape index (κ3) is 1.89. The van der Waals surface area contributed by atoms with Crippen molar-refractivity contribution in [2.45, 2.75) is 19.4 Å². The van der Waals surface area contributed by atoms with Crippen molar-refractivity contribution >= 4 is 11.0 Å². The van der Waals surface area contributed by atoms with Crippen molar-refractivity contribution in [1.82, 2.24) is 5.43 Å². The summed E-state index contributed by atoms with van der Waals surface area (Å²) >= 11 is 0. The van der Waals surface area contributed by atoms with Crippen LogP contribution in [0.2, 0.25) is 0 Å². The molecule has 2 heterocycles. The van der Waals surface area contributed by atoms with Crippen molar-refractivity contribution < 1.29 is 9.15 Å². The van der Waals surface area contributed by atoms with Gasteiger partial charge in [-0.3, -0.25) is 5.84 Å². The number of fused-ring (bicyclic) bond motifs is 1. The fourth-order valence-electron chi connectivity index (χ4n) is 2.27. The topological polar surface area (TPSA) is 60.4 Å². The zero-order valence-electron chi connectivity index (χ0n) is 10.3. The highest BCUT2D eigenvalue weighted by Gasteiger charge is 2.23. The Morgan fingerprint density at radius 2 is 2.22 bits per heavy atom. The molecule has 0 radical (unpaired) electrons. The quantitative estimate of drug-likeness (QED) is 0.643. The lowest BCUT2D eigenvalue weighted by molar-refractivity contribution is 0.208. The third-order valence-corrected chi connectivity index (χ3v) is 3.16. The van der Waals surface area contributed by atoms with Gasteiger partial charge in [0.25, 0.3) is 0 Å². The summed E-state index contributed by atoms with van der Waals surface area (Å²) in [7, 11) is 0. The van der Waals surface area contributed by atoms with Crippen molar-refractivity contribution in [2.75, 3.05) is 6.61 Å². The van der Waals surface area contributed by atoms with E-state index in [4.69, 9.17) is 15.0 Å². The van der Waals surface area contributed by atoms with Gasteiger partial charge in [0.05, 0.1) is 6.61 Å². The zero-order chi connectivity index (χ0) is 12.5. The summed E-state index contributed by atoms with van der Waals surface area (Å²) in [5.41, 5.74) is 4.83. The summed E-state index contributed by atoms with van der Waals surface area (Å²) in [6, 6.07) is 7.91. The fraction of sp³-hybridized carbons (Fsp3) is 0.286. The van der Waals surface area contributed by atoms with E-state index in [1.807, 2.05) is 24.3 Å². The predicted octanol–water partition coefficient (Wildman–Crippen LogP) is 2.55. The summed E-state index contributed by atoms with van der Waals surface area (Å²) in [4.78, 5) is 0. The molecule has 18 heavy (non-hydrogen) atoms. The average molecular weight is 244 g/mol. The number of ether oxygens (including phenoxy) is 1. The van der Waals surface area contributed by atoms with Crippen molar-refractivity contribution in [1.29, 1.82) is 0 Å². The van der Waals surface area contributed by atoms with Gasteiger partial charge in [0.2, 0.25) is 0 Å². The van der Waals surface area contributed by atoms with Gasteiger partial charge in [-0.2, -0.15) is 0 Å². The van der Waals surface area contributed by atoms with Crippen LogP contribution in [-0.2, 0) is 4.74 Å². The number of nitrogens with one attached hydrogen (secondary N) is 1. The lowest BCUT2D eigenvalue weighted by Gasteiger charge is -2.14. The van der Waals surface area contributed by atoms with Crippen molar-refractivity contribution in [2.24, 2.45) is 5.84 Å². The second-order valence-corrected chi connectivity index (χ2v) is 4.53. The molecular weight excluding hydrogens is 228 g/mol. The largest absolute Gasteiger partial charge is 0.496 e. The van der Waals surface area contributed by atoms with Crippen LogP contribution >= 0.6 is 0 Å². The van der Waals surface area contributed by atoms with Crippen LogP contribution in [0.5, 0.6) is 0 Å². The predicted molar refractivity (Wildman–Crippen MR) is 69.7 cm³/mol. The number of nitrogens with two attached hydrogens (primary N) is 1. The molecule has 2 aromatic rings. The lowest BCUT2D eigenvalue weighted by atomic mass is 10.1. The second-order valence-electron chi connectivity index (χ2n) is 4.53. The molecule has 1 aromatic carbocycles. The standard InChI is InChI=1S/C14H16N2O2/c1-9-4-5-11-10(7-9)8-13(18-11)14(16-15)12-3-2-6-17-12/h3-5,7-8,14,16H,2,6,15H2,1H3. The third-order valence-electron chi connectivity index (χ3n) is 3.16. The molecule has 3 rings (SSSR count). The van der Waals surface area contributed by atoms with Crippen LogP contribution in [0.15, 0.2) is 40.5 Å². The molecule has 0 amide bonds. The first-order chi connectivity index (χ1) is 8.78. The summed E-state index contributed by atoms with van der Waals surface area (Å²) in [6.07, 6.45) is 2.97. The highest BCUT2D eigenvalue weighted by Crippen LogP contribution is 2.30. The summed E-state index contributed by atoms with van der Waals surface area (Å²) in [5, 5.41) is 1.09. The zero-order valence-corrected chi connectivity index (χ0v) is 10.3. The highest BCUT2D eigenvalue weighted by molar-refractivity contribution is 5.78. The molecule has 0 bridgehead atoms. The van der Waals surface area contributed by atoms with Crippen LogP contribution in [0.3, 0.4) is 0 Å². The molecule has 1 unspecified atom stereocenters. The van der Waals surface area contributed by atoms with Gasteiger partial charge in [0.15, 0.2) is 0 Å². The molecule has 4 heteroatoms. The number of rotatable bonds is 3. The number of hydrogen-bond donors (Lipinski definition) is 2. The first kappa shape index (κ1) is 11.3. The molecule has 3 N–H and O–H groups in total. The minimum Gasteiger partial charge on any atom is -0.496 e. The van der Waals surface area contributed by atoms with Crippen LogP contribution in [0, 0.1) is 6.92 Å². The average Bonchev–Trinajstić information content (AvgIpc) is 2.98. The second kappa shape index (κ2) is 4.48. The molecule has 94 valence electrons. The van der Waals surface area contributed by atoms with E-state index < -0.39 is 0 Å². The highest BCUT2D eigenvalue weighted by atomic mass is 16.5. The van der Waals surface area contributed by atoms with Crippen molar-refractivity contribution in [3.05, 3.63) is 47.4 Å². The number of hydrogen-bond acceptors (Lipinski definition) is 4. The summed E-state index contributed by atoms with van der Waals surface area (Å²) in [5.74, 6) is 7.23. The Hall–Kier alpha value is -1.78. The van der Waals surface area contributed by atoms with E-state index in [0.29, 0.717) is 6.61 Å². The van der Waals surface area contributed by atoms with E-state index in [0.717, 1.165) is 28.9 Å². The van der Waals surface area contributed by atoms with Gasteiger partial charge < -0.3 is 9.15 Å². The van der Waals surface area contributed by atoms with E-state index in [9.17, 15) is 0 Å². The van der Waals surface area contributed by atoms with Crippen LogP contribution in [0.4, 0.5) is 0 Å². The molecular formula is C14H16N2O2. The molecule has 0 aliphatic carbocycles. The maximum absolute atomic E-state index is 5.83. The Morgan fingerprint density at radius 3 is 2.94 bits per heavy atom. The monoisotopic (exact) mass is 244 g/mol. The van der Waals surface area contributed by atoms with Gasteiger partial charge in [0, 0.05) is 11.8 Å². The van der Waals surface area contributed by atoms with Crippen molar-refractivity contribution in [3.63, 3.8) is 0 Å². The SMILES string of the molecule is Cc1ccc2oc(C(NN)C3=CCCO3)cc2c1. The van der Waals surface area contributed by atoms with Crippen LogP contribution in [0.1, 0.15) is 23.8 Å². The van der Waals surface area contributed by atoms with E-state index in [1.54, 1.807) is 0 Å². The number of benzene rings is 1. The molecule has 1 atom stereocenters. The molecule has 0 saturated heterocycles. The Kier molecular flexibility index (Phi) is 2.81. The maximum Gasteiger partial charge on any atom is 0.136 e. The lowest BCUT2D eigenvalue weighted by Crippen LogP contribution is -2.29. The first-order valence-corrected chi connectivity index (χ1v) is 6.07. The van der Waals surface area contributed by atoms with Gasteiger partial charge in [0.1, 0.15) is 23.1 Å². The molecule has 1 aliphatic rings. The minimum atomic E-state index is -0.208.